The van der Waals surface area contributed by atoms with Gasteiger partial charge in [0.15, 0.2) is 0 Å². The molecule has 0 aromatic heterocycles. The number of hydrogen-bond acceptors (Lipinski definition) is 3. The average Bonchev–Trinajstić information content (AvgIpc) is 2.50. The molecule has 1 unspecified atom stereocenters. The van der Waals surface area contributed by atoms with Crippen LogP contribution in [0.25, 0.3) is 0 Å². The van der Waals surface area contributed by atoms with Crippen molar-refractivity contribution in [2.45, 2.75) is 33.8 Å². The Labute approximate surface area is 133 Å². The van der Waals surface area contributed by atoms with Crippen LogP contribution in [-0.2, 0) is 0 Å². The molecule has 0 fully saturated rings. The fraction of sp³-hybridized carbons (Fsp3) is 0.368. The monoisotopic (exact) mass is 299 g/mol. The molecule has 2 aromatic carbocycles. The lowest BCUT2D eigenvalue weighted by molar-refractivity contribution is 0.233. The summed E-state index contributed by atoms with van der Waals surface area (Å²) in [6.45, 7) is 9.58. The molecule has 0 spiro atoms. The largest absolute Gasteiger partial charge is 0.492 e. The van der Waals surface area contributed by atoms with Crippen LogP contribution in [0.5, 0.6) is 11.5 Å². The van der Waals surface area contributed by atoms with E-state index in [0.29, 0.717) is 6.61 Å². The van der Waals surface area contributed by atoms with Crippen LogP contribution in [0.2, 0.25) is 0 Å². The number of benzene rings is 2. The van der Waals surface area contributed by atoms with Crippen LogP contribution in [0, 0.1) is 13.8 Å². The van der Waals surface area contributed by atoms with Crippen LogP contribution in [-0.4, -0.2) is 19.3 Å². The molecule has 22 heavy (non-hydrogen) atoms. The van der Waals surface area contributed by atoms with Crippen molar-refractivity contribution < 1.29 is 9.47 Å². The summed E-state index contributed by atoms with van der Waals surface area (Å²) < 4.78 is 11.7. The Hall–Kier alpha value is -2.16. The predicted octanol–water partition coefficient (Wildman–Crippen LogP) is 4.58. The fourth-order valence-corrected chi connectivity index (χ4v) is 2.24. The molecule has 0 saturated heterocycles. The molecule has 0 radical (unpaired) electrons. The lowest BCUT2D eigenvalue weighted by atomic mass is 10.1. The van der Waals surface area contributed by atoms with Gasteiger partial charge in [0.1, 0.15) is 17.6 Å². The van der Waals surface area contributed by atoms with Crippen molar-refractivity contribution in [2.24, 2.45) is 0 Å². The number of para-hydroxylation sites is 2. The Morgan fingerprint density at radius 3 is 2.59 bits per heavy atom. The Bertz CT molecular complexity index is 610. The van der Waals surface area contributed by atoms with Gasteiger partial charge >= 0.3 is 0 Å². The van der Waals surface area contributed by atoms with E-state index >= 15 is 0 Å². The smallest absolute Gasteiger partial charge is 0.142 e. The van der Waals surface area contributed by atoms with Crippen LogP contribution in [0.4, 0.5) is 5.69 Å². The first-order valence-corrected chi connectivity index (χ1v) is 7.79. The highest BCUT2D eigenvalue weighted by molar-refractivity contribution is 5.56. The topological polar surface area (TPSA) is 30.5 Å². The molecular formula is C19H25NO2. The van der Waals surface area contributed by atoms with E-state index in [2.05, 4.69) is 44.3 Å². The summed E-state index contributed by atoms with van der Waals surface area (Å²) in [5, 5.41) is 3.40. The normalized spacial score (nSPS) is 11.8. The first-order valence-electron chi connectivity index (χ1n) is 7.79. The Balaban J connectivity index is 1.95. The van der Waals surface area contributed by atoms with E-state index in [1.807, 2.05) is 31.2 Å². The summed E-state index contributed by atoms with van der Waals surface area (Å²) in [6, 6.07) is 14.3. The Morgan fingerprint density at radius 2 is 1.82 bits per heavy atom. The Morgan fingerprint density at radius 1 is 1.05 bits per heavy atom. The second-order valence-corrected chi connectivity index (χ2v) is 5.51. The van der Waals surface area contributed by atoms with Crippen molar-refractivity contribution in [1.29, 1.82) is 0 Å². The van der Waals surface area contributed by atoms with Crippen molar-refractivity contribution in [3.63, 3.8) is 0 Å². The van der Waals surface area contributed by atoms with Gasteiger partial charge in [-0.05, 0) is 57.0 Å². The first kappa shape index (κ1) is 16.2. The van der Waals surface area contributed by atoms with Crippen molar-refractivity contribution in [1.82, 2.24) is 0 Å². The summed E-state index contributed by atoms with van der Waals surface area (Å²) in [6.07, 6.45) is 0.0650. The minimum atomic E-state index is 0.0650. The van der Waals surface area contributed by atoms with Gasteiger partial charge in [-0.1, -0.05) is 24.3 Å². The molecule has 0 heterocycles. The molecule has 2 rings (SSSR count). The predicted molar refractivity (Wildman–Crippen MR) is 92.1 cm³/mol. The summed E-state index contributed by atoms with van der Waals surface area (Å²) >= 11 is 0. The summed E-state index contributed by atoms with van der Waals surface area (Å²) in [5.74, 6) is 1.83. The van der Waals surface area contributed by atoms with Gasteiger partial charge < -0.3 is 14.8 Å². The van der Waals surface area contributed by atoms with Gasteiger partial charge in [-0.15, -0.1) is 0 Å². The van der Waals surface area contributed by atoms with Crippen LogP contribution < -0.4 is 14.8 Å². The van der Waals surface area contributed by atoms with Crippen molar-refractivity contribution in [2.75, 3.05) is 18.5 Å². The zero-order valence-electron chi connectivity index (χ0n) is 13.8. The maximum atomic E-state index is 6.04. The summed E-state index contributed by atoms with van der Waals surface area (Å²) in [5.41, 5.74) is 3.37. The molecule has 3 nitrogen and oxygen atoms in total. The van der Waals surface area contributed by atoms with Crippen LogP contribution in [0.15, 0.2) is 42.5 Å². The third kappa shape index (κ3) is 4.42. The van der Waals surface area contributed by atoms with Gasteiger partial charge in [-0.3, -0.25) is 0 Å². The summed E-state index contributed by atoms with van der Waals surface area (Å²) in [7, 11) is 0. The van der Waals surface area contributed by atoms with E-state index < -0.39 is 0 Å². The highest BCUT2D eigenvalue weighted by atomic mass is 16.5. The molecule has 2 aromatic rings. The third-order valence-electron chi connectivity index (χ3n) is 3.44. The highest BCUT2D eigenvalue weighted by Crippen LogP contribution is 2.24. The van der Waals surface area contributed by atoms with Gasteiger partial charge in [-0.25, -0.2) is 0 Å². The minimum absolute atomic E-state index is 0.0650. The quantitative estimate of drug-likeness (QED) is 0.811. The van der Waals surface area contributed by atoms with Crippen molar-refractivity contribution in [3.05, 3.63) is 53.6 Å². The molecule has 3 heteroatoms. The van der Waals surface area contributed by atoms with Crippen molar-refractivity contribution >= 4 is 5.69 Å². The Kier molecular flexibility index (Phi) is 5.70. The standard InChI is InChI=1S/C19H25NO2/c1-5-21-18-9-7-6-8-17(18)20-13-16(4)22-19-12-14(2)10-11-15(19)3/h6-12,16,20H,5,13H2,1-4H3. The molecule has 0 aliphatic heterocycles. The molecule has 0 aliphatic carbocycles. The van der Waals surface area contributed by atoms with E-state index in [4.69, 9.17) is 9.47 Å². The average molecular weight is 299 g/mol. The maximum Gasteiger partial charge on any atom is 0.142 e. The van der Waals surface area contributed by atoms with E-state index in [9.17, 15) is 0 Å². The number of hydrogen-bond donors (Lipinski definition) is 1. The van der Waals surface area contributed by atoms with Gasteiger partial charge in [0.2, 0.25) is 0 Å². The molecule has 1 atom stereocenters. The summed E-state index contributed by atoms with van der Waals surface area (Å²) in [4.78, 5) is 0. The van der Waals surface area contributed by atoms with Crippen LogP contribution in [0.3, 0.4) is 0 Å². The number of ether oxygens (including phenoxy) is 2. The SMILES string of the molecule is CCOc1ccccc1NCC(C)Oc1cc(C)ccc1C. The number of aryl methyl sites for hydroxylation is 2. The maximum absolute atomic E-state index is 6.04. The number of nitrogens with one attached hydrogen (secondary N) is 1. The lowest BCUT2D eigenvalue weighted by Crippen LogP contribution is -2.23. The molecule has 0 bridgehead atoms. The van der Waals surface area contributed by atoms with E-state index in [1.165, 1.54) is 5.56 Å². The third-order valence-corrected chi connectivity index (χ3v) is 3.44. The first-order chi connectivity index (χ1) is 10.6. The van der Waals surface area contributed by atoms with E-state index in [0.717, 1.165) is 29.3 Å². The number of anilines is 1. The molecule has 118 valence electrons. The lowest BCUT2D eigenvalue weighted by Gasteiger charge is -2.19. The second kappa shape index (κ2) is 7.74. The molecule has 1 N–H and O–H groups in total. The zero-order valence-corrected chi connectivity index (χ0v) is 13.8. The van der Waals surface area contributed by atoms with Crippen LogP contribution in [0.1, 0.15) is 25.0 Å². The molecule has 0 saturated carbocycles. The molecule has 0 aliphatic rings. The molecular weight excluding hydrogens is 274 g/mol. The van der Waals surface area contributed by atoms with E-state index in [1.54, 1.807) is 0 Å². The molecule has 0 amide bonds. The van der Waals surface area contributed by atoms with E-state index in [-0.39, 0.29) is 6.10 Å². The van der Waals surface area contributed by atoms with Gasteiger partial charge in [0.05, 0.1) is 18.8 Å². The van der Waals surface area contributed by atoms with Gasteiger partial charge in [-0.2, -0.15) is 0 Å². The highest BCUT2D eigenvalue weighted by Gasteiger charge is 2.08. The van der Waals surface area contributed by atoms with Gasteiger partial charge in [0, 0.05) is 0 Å². The second-order valence-electron chi connectivity index (χ2n) is 5.51. The van der Waals surface area contributed by atoms with Gasteiger partial charge in [0.25, 0.3) is 0 Å². The minimum Gasteiger partial charge on any atom is -0.492 e. The number of rotatable bonds is 7. The van der Waals surface area contributed by atoms with Crippen LogP contribution >= 0.6 is 0 Å². The zero-order chi connectivity index (χ0) is 15.9. The fourth-order valence-electron chi connectivity index (χ4n) is 2.24. The van der Waals surface area contributed by atoms with Crippen molar-refractivity contribution in [3.8, 4) is 11.5 Å².